The van der Waals surface area contributed by atoms with Crippen molar-refractivity contribution in [2.45, 2.75) is 0 Å². The highest BCUT2D eigenvalue weighted by Crippen LogP contribution is 2.22. The number of benzene rings is 1. The second-order valence-corrected chi connectivity index (χ2v) is 3.48. The van der Waals surface area contributed by atoms with Crippen LogP contribution < -0.4 is 0 Å². The van der Waals surface area contributed by atoms with Crippen LogP contribution in [0.5, 0.6) is 0 Å². The van der Waals surface area contributed by atoms with E-state index in [0.29, 0.717) is 0 Å². The minimum atomic E-state index is -1.51. The van der Waals surface area contributed by atoms with Gasteiger partial charge in [0.15, 0.2) is 23.3 Å². The van der Waals surface area contributed by atoms with Gasteiger partial charge in [-0.05, 0) is 24.3 Å². The summed E-state index contributed by atoms with van der Waals surface area (Å²) in [5.74, 6) is -4.00. The molecule has 0 aliphatic carbocycles. The predicted octanol–water partition coefficient (Wildman–Crippen LogP) is 3.24. The first-order valence-corrected chi connectivity index (χ1v) is 5.45. The molecule has 0 spiro atoms. The molecule has 1 aromatic carbocycles. The van der Waals surface area contributed by atoms with E-state index in [9.17, 15) is 13.2 Å². The van der Waals surface area contributed by atoms with Crippen molar-refractivity contribution in [3.8, 4) is 11.4 Å². The van der Waals surface area contributed by atoms with E-state index in [4.69, 9.17) is 0 Å². The molecule has 4 nitrogen and oxygen atoms in total. The van der Waals surface area contributed by atoms with E-state index >= 15 is 0 Å². The van der Waals surface area contributed by atoms with Crippen LogP contribution in [0.25, 0.3) is 11.4 Å². The highest BCUT2D eigenvalue weighted by molar-refractivity contribution is 5.55. The summed E-state index contributed by atoms with van der Waals surface area (Å²) in [6.07, 6.45) is 5.88. The van der Waals surface area contributed by atoms with Crippen molar-refractivity contribution in [1.29, 1.82) is 0 Å². The van der Waals surface area contributed by atoms with Crippen LogP contribution in [0.4, 0.5) is 13.2 Å². The van der Waals surface area contributed by atoms with Gasteiger partial charge in [0.25, 0.3) is 0 Å². The van der Waals surface area contributed by atoms with Gasteiger partial charge in [-0.2, -0.15) is 0 Å². The zero-order valence-electron chi connectivity index (χ0n) is 10.0. The number of aromatic nitrogens is 3. The van der Waals surface area contributed by atoms with Gasteiger partial charge in [0, 0.05) is 12.4 Å². The fourth-order valence-corrected chi connectivity index (χ4v) is 1.31. The van der Waals surface area contributed by atoms with Crippen LogP contribution >= 0.6 is 0 Å². The monoisotopic (exact) mass is 279 g/mol. The Hall–Kier alpha value is -2.70. The molecular formula is C13H8F3N3O. The fourth-order valence-electron chi connectivity index (χ4n) is 1.31. The Morgan fingerprint density at radius 3 is 2.15 bits per heavy atom. The summed E-state index contributed by atoms with van der Waals surface area (Å²) >= 11 is 0. The van der Waals surface area contributed by atoms with Gasteiger partial charge < -0.3 is 4.52 Å². The number of hydrogen-bond acceptors (Lipinski definition) is 4. The molecule has 0 N–H and O–H groups in total. The SMILES string of the molecule is Fc1ccc(-c2ncccn2)c(F)c1F.c1cnoc1. The van der Waals surface area contributed by atoms with Crippen LogP contribution in [0.15, 0.2) is 53.6 Å². The van der Waals surface area contributed by atoms with Crippen molar-refractivity contribution in [2.75, 3.05) is 0 Å². The molecule has 0 saturated carbocycles. The Morgan fingerprint density at radius 2 is 1.60 bits per heavy atom. The van der Waals surface area contributed by atoms with Crippen LogP contribution in [0.3, 0.4) is 0 Å². The highest BCUT2D eigenvalue weighted by atomic mass is 19.2. The zero-order valence-corrected chi connectivity index (χ0v) is 10.0. The fraction of sp³-hybridized carbons (Fsp3) is 0. The Kier molecular flexibility index (Phi) is 4.43. The molecule has 0 fully saturated rings. The van der Waals surface area contributed by atoms with Gasteiger partial charge in [0.1, 0.15) is 6.26 Å². The number of nitrogens with zero attached hydrogens (tertiary/aromatic N) is 3. The minimum Gasteiger partial charge on any atom is -0.365 e. The van der Waals surface area contributed by atoms with E-state index < -0.39 is 17.5 Å². The molecule has 3 aromatic rings. The molecule has 102 valence electrons. The second-order valence-electron chi connectivity index (χ2n) is 3.48. The quantitative estimate of drug-likeness (QED) is 0.642. The van der Waals surface area contributed by atoms with E-state index in [-0.39, 0.29) is 11.4 Å². The first-order chi connectivity index (χ1) is 9.70. The normalized spacial score (nSPS) is 9.75. The van der Waals surface area contributed by atoms with Crippen LogP contribution in [0, 0.1) is 17.5 Å². The van der Waals surface area contributed by atoms with Gasteiger partial charge in [0.2, 0.25) is 0 Å². The molecular weight excluding hydrogens is 271 g/mol. The van der Waals surface area contributed by atoms with Gasteiger partial charge in [0.05, 0.1) is 11.8 Å². The van der Waals surface area contributed by atoms with E-state index in [1.54, 1.807) is 18.3 Å². The average Bonchev–Trinajstić information content (AvgIpc) is 3.05. The summed E-state index contributed by atoms with van der Waals surface area (Å²) < 4.78 is 43.1. The van der Waals surface area contributed by atoms with Gasteiger partial charge >= 0.3 is 0 Å². The van der Waals surface area contributed by atoms with Crippen LogP contribution in [-0.2, 0) is 0 Å². The lowest BCUT2D eigenvalue weighted by Crippen LogP contribution is -1.96. The Labute approximate surface area is 111 Å². The second kappa shape index (κ2) is 6.46. The van der Waals surface area contributed by atoms with Crippen LogP contribution in [-0.4, -0.2) is 15.1 Å². The third kappa shape index (κ3) is 3.19. The lowest BCUT2D eigenvalue weighted by atomic mass is 10.2. The number of hydrogen-bond donors (Lipinski definition) is 0. The standard InChI is InChI=1S/C10H5F3N2.C3H3NO/c11-7-3-2-6(8(12)9(7)13)10-14-4-1-5-15-10;1-2-4-5-3-1/h1-5H;1-3H. The largest absolute Gasteiger partial charge is 0.365 e. The van der Waals surface area contributed by atoms with Crippen molar-refractivity contribution in [3.63, 3.8) is 0 Å². The van der Waals surface area contributed by atoms with Crippen LogP contribution in [0.1, 0.15) is 0 Å². The van der Waals surface area contributed by atoms with Crippen molar-refractivity contribution < 1.29 is 17.7 Å². The minimum absolute atomic E-state index is 0.0221. The average molecular weight is 279 g/mol. The van der Waals surface area contributed by atoms with Crippen molar-refractivity contribution in [1.82, 2.24) is 15.1 Å². The Bertz CT molecular complexity index is 643. The maximum atomic E-state index is 13.3. The van der Waals surface area contributed by atoms with E-state index in [2.05, 4.69) is 19.6 Å². The molecule has 2 heterocycles. The number of halogens is 3. The van der Waals surface area contributed by atoms with E-state index in [0.717, 1.165) is 12.1 Å². The maximum absolute atomic E-state index is 13.3. The smallest absolute Gasteiger partial charge is 0.195 e. The summed E-state index contributed by atoms with van der Waals surface area (Å²) in [7, 11) is 0. The molecule has 0 atom stereocenters. The molecule has 3 rings (SSSR count). The third-order valence-corrected chi connectivity index (χ3v) is 2.19. The van der Waals surface area contributed by atoms with E-state index in [1.807, 2.05) is 0 Å². The molecule has 0 radical (unpaired) electrons. The summed E-state index contributed by atoms with van der Waals surface area (Å²) in [6, 6.07) is 5.20. The molecule has 20 heavy (non-hydrogen) atoms. The lowest BCUT2D eigenvalue weighted by Gasteiger charge is -2.02. The molecule has 2 aromatic heterocycles. The van der Waals surface area contributed by atoms with Crippen LogP contribution in [0.2, 0.25) is 0 Å². The molecule has 0 aliphatic heterocycles. The Balaban J connectivity index is 0.000000247. The van der Waals surface area contributed by atoms with E-state index in [1.165, 1.54) is 18.7 Å². The summed E-state index contributed by atoms with van der Waals surface area (Å²) in [5.41, 5.74) is -0.158. The topological polar surface area (TPSA) is 51.8 Å². The van der Waals surface area contributed by atoms with Crippen molar-refractivity contribution in [3.05, 3.63) is 66.6 Å². The van der Waals surface area contributed by atoms with Crippen molar-refractivity contribution >= 4 is 0 Å². The zero-order chi connectivity index (χ0) is 14.4. The first-order valence-electron chi connectivity index (χ1n) is 5.45. The third-order valence-electron chi connectivity index (χ3n) is 2.19. The first kappa shape index (κ1) is 13.7. The Morgan fingerprint density at radius 1 is 0.850 bits per heavy atom. The summed E-state index contributed by atoms with van der Waals surface area (Å²) in [5, 5.41) is 3.35. The molecule has 0 unspecified atom stereocenters. The molecule has 0 amide bonds. The van der Waals surface area contributed by atoms with Gasteiger partial charge in [-0.15, -0.1) is 0 Å². The van der Waals surface area contributed by atoms with Gasteiger partial charge in [-0.25, -0.2) is 23.1 Å². The summed E-state index contributed by atoms with van der Waals surface area (Å²) in [4.78, 5) is 7.48. The predicted molar refractivity (Wildman–Crippen MR) is 63.8 cm³/mol. The molecule has 0 saturated heterocycles. The van der Waals surface area contributed by atoms with Crippen molar-refractivity contribution in [2.24, 2.45) is 0 Å². The lowest BCUT2D eigenvalue weighted by molar-refractivity contribution is 0.420. The van der Waals surface area contributed by atoms with Gasteiger partial charge in [-0.1, -0.05) is 5.16 Å². The maximum Gasteiger partial charge on any atom is 0.195 e. The number of rotatable bonds is 1. The molecule has 0 bridgehead atoms. The van der Waals surface area contributed by atoms with Gasteiger partial charge in [-0.3, -0.25) is 0 Å². The highest BCUT2D eigenvalue weighted by Gasteiger charge is 2.15. The molecule has 0 aliphatic rings. The molecule has 7 heteroatoms. The summed E-state index contributed by atoms with van der Waals surface area (Å²) in [6.45, 7) is 0.